The molecule has 0 amide bonds. The molecular formula is C11H15NO3. The Morgan fingerprint density at radius 3 is 2.47 bits per heavy atom. The van der Waals surface area contributed by atoms with Gasteiger partial charge in [0.1, 0.15) is 5.69 Å². The van der Waals surface area contributed by atoms with Crippen LogP contribution >= 0.6 is 0 Å². The fourth-order valence-electron chi connectivity index (χ4n) is 1.20. The van der Waals surface area contributed by atoms with Crippen molar-refractivity contribution in [3.8, 4) is 0 Å². The Kier molecular flexibility index (Phi) is 2.98. The minimum atomic E-state index is -1.05. The van der Waals surface area contributed by atoms with Crippen molar-refractivity contribution in [3.63, 3.8) is 0 Å². The summed E-state index contributed by atoms with van der Waals surface area (Å²) in [5.41, 5.74) is 0.0299. The SMILES string of the molecule is CCC(C)(C)C(=O)c1c[nH]c(C(=O)O)c1. The van der Waals surface area contributed by atoms with Gasteiger partial charge in [-0.1, -0.05) is 20.8 Å². The lowest BCUT2D eigenvalue weighted by Crippen LogP contribution is -2.22. The Balaban J connectivity index is 2.98. The van der Waals surface area contributed by atoms with Crippen molar-refractivity contribution in [1.29, 1.82) is 0 Å². The normalized spacial score (nSPS) is 11.4. The molecule has 0 spiro atoms. The molecule has 1 aromatic rings. The second-order valence-corrected chi connectivity index (χ2v) is 4.17. The molecule has 0 fully saturated rings. The number of aromatic carboxylic acids is 1. The van der Waals surface area contributed by atoms with E-state index in [0.29, 0.717) is 5.56 Å². The highest BCUT2D eigenvalue weighted by Gasteiger charge is 2.27. The fourth-order valence-corrected chi connectivity index (χ4v) is 1.20. The molecule has 4 nitrogen and oxygen atoms in total. The number of aromatic amines is 1. The molecular weight excluding hydrogens is 194 g/mol. The van der Waals surface area contributed by atoms with E-state index in [2.05, 4.69) is 4.98 Å². The maximum atomic E-state index is 11.9. The Labute approximate surface area is 88.3 Å². The van der Waals surface area contributed by atoms with E-state index in [1.165, 1.54) is 12.3 Å². The van der Waals surface area contributed by atoms with Crippen LogP contribution in [0.5, 0.6) is 0 Å². The van der Waals surface area contributed by atoms with Crippen LogP contribution < -0.4 is 0 Å². The van der Waals surface area contributed by atoms with Crippen molar-refractivity contribution in [2.75, 3.05) is 0 Å². The lowest BCUT2D eigenvalue weighted by molar-refractivity contribution is 0.0691. The first-order chi connectivity index (χ1) is 6.88. The molecule has 0 aliphatic carbocycles. The van der Waals surface area contributed by atoms with Crippen molar-refractivity contribution in [2.24, 2.45) is 5.41 Å². The number of nitrogens with one attached hydrogen (secondary N) is 1. The number of hydrogen-bond acceptors (Lipinski definition) is 2. The van der Waals surface area contributed by atoms with E-state index in [1.807, 2.05) is 20.8 Å². The second kappa shape index (κ2) is 3.88. The van der Waals surface area contributed by atoms with Gasteiger partial charge in [-0.25, -0.2) is 4.79 Å². The number of H-pyrrole nitrogens is 1. The predicted octanol–water partition coefficient (Wildman–Crippen LogP) is 2.33. The van der Waals surface area contributed by atoms with Crippen molar-refractivity contribution in [1.82, 2.24) is 4.98 Å². The van der Waals surface area contributed by atoms with Gasteiger partial charge < -0.3 is 10.1 Å². The van der Waals surface area contributed by atoms with Crippen LogP contribution in [0.4, 0.5) is 0 Å². The third kappa shape index (κ3) is 2.26. The predicted molar refractivity (Wildman–Crippen MR) is 56.2 cm³/mol. The summed E-state index contributed by atoms with van der Waals surface area (Å²) >= 11 is 0. The van der Waals surface area contributed by atoms with E-state index < -0.39 is 11.4 Å². The molecule has 0 aliphatic heterocycles. The van der Waals surface area contributed by atoms with Gasteiger partial charge in [-0.05, 0) is 12.5 Å². The maximum absolute atomic E-state index is 11.9. The third-order valence-electron chi connectivity index (χ3n) is 2.67. The van der Waals surface area contributed by atoms with Crippen LogP contribution in [-0.2, 0) is 0 Å². The summed E-state index contributed by atoms with van der Waals surface area (Å²) in [6.45, 7) is 5.63. The van der Waals surface area contributed by atoms with Crippen LogP contribution in [0.25, 0.3) is 0 Å². The summed E-state index contributed by atoms with van der Waals surface area (Å²) in [7, 11) is 0. The standard InChI is InChI=1S/C11H15NO3/c1-4-11(2,3)9(13)7-5-8(10(14)15)12-6-7/h5-6,12H,4H2,1-3H3,(H,14,15). The van der Waals surface area contributed by atoms with E-state index in [0.717, 1.165) is 6.42 Å². The average molecular weight is 209 g/mol. The van der Waals surface area contributed by atoms with Crippen LogP contribution in [0.15, 0.2) is 12.3 Å². The Hall–Kier alpha value is -1.58. The van der Waals surface area contributed by atoms with Crippen LogP contribution in [0, 0.1) is 5.41 Å². The van der Waals surface area contributed by atoms with E-state index in [-0.39, 0.29) is 11.5 Å². The Morgan fingerprint density at radius 1 is 1.47 bits per heavy atom. The molecule has 0 atom stereocenters. The van der Waals surface area contributed by atoms with Gasteiger partial charge in [0.05, 0.1) is 0 Å². The molecule has 1 aromatic heterocycles. The van der Waals surface area contributed by atoms with E-state index in [4.69, 9.17) is 5.11 Å². The molecule has 82 valence electrons. The molecule has 0 saturated heterocycles. The monoisotopic (exact) mass is 209 g/mol. The van der Waals surface area contributed by atoms with E-state index >= 15 is 0 Å². The summed E-state index contributed by atoms with van der Waals surface area (Å²) in [6, 6.07) is 1.38. The van der Waals surface area contributed by atoms with Gasteiger partial charge in [0, 0.05) is 17.2 Å². The number of aromatic nitrogens is 1. The second-order valence-electron chi connectivity index (χ2n) is 4.17. The highest BCUT2D eigenvalue weighted by atomic mass is 16.4. The number of carboxylic acid groups (broad SMARTS) is 1. The van der Waals surface area contributed by atoms with E-state index in [9.17, 15) is 9.59 Å². The number of carboxylic acids is 1. The number of Topliss-reactive ketones (excluding diaryl/α,β-unsaturated/α-hetero) is 1. The quantitative estimate of drug-likeness (QED) is 0.747. The molecule has 0 bridgehead atoms. The Bertz CT molecular complexity index is 390. The van der Waals surface area contributed by atoms with Crippen LogP contribution in [-0.4, -0.2) is 21.8 Å². The molecule has 2 N–H and O–H groups in total. The lowest BCUT2D eigenvalue weighted by Gasteiger charge is -2.19. The summed E-state index contributed by atoms with van der Waals surface area (Å²) in [5.74, 6) is -1.09. The van der Waals surface area contributed by atoms with Gasteiger partial charge in [-0.3, -0.25) is 4.79 Å². The Morgan fingerprint density at radius 2 is 2.07 bits per heavy atom. The van der Waals surface area contributed by atoms with Crippen LogP contribution in [0.2, 0.25) is 0 Å². The molecule has 1 heterocycles. The molecule has 0 saturated carbocycles. The number of carbonyl (C=O) groups excluding carboxylic acids is 1. The molecule has 15 heavy (non-hydrogen) atoms. The molecule has 0 unspecified atom stereocenters. The highest BCUT2D eigenvalue weighted by Crippen LogP contribution is 2.25. The van der Waals surface area contributed by atoms with Crippen molar-refractivity contribution >= 4 is 11.8 Å². The van der Waals surface area contributed by atoms with Gasteiger partial charge in [0.2, 0.25) is 0 Å². The van der Waals surface area contributed by atoms with Crippen molar-refractivity contribution in [2.45, 2.75) is 27.2 Å². The van der Waals surface area contributed by atoms with Gasteiger partial charge in [0.25, 0.3) is 0 Å². The van der Waals surface area contributed by atoms with Gasteiger partial charge in [-0.2, -0.15) is 0 Å². The zero-order valence-corrected chi connectivity index (χ0v) is 9.13. The smallest absolute Gasteiger partial charge is 0.352 e. The summed E-state index contributed by atoms with van der Waals surface area (Å²) in [5, 5.41) is 8.70. The molecule has 0 radical (unpaired) electrons. The lowest BCUT2D eigenvalue weighted by atomic mass is 9.83. The van der Waals surface area contributed by atoms with Crippen molar-refractivity contribution in [3.05, 3.63) is 23.5 Å². The molecule has 0 aromatic carbocycles. The van der Waals surface area contributed by atoms with E-state index in [1.54, 1.807) is 0 Å². The van der Waals surface area contributed by atoms with Crippen LogP contribution in [0.1, 0.15) is 48.0 Å². The van der Waals surface area contributed by atoms with Gasteiger partial charge >= 0.3 is 5.97 Å². The minimum absolute atomic E-state index is 0.0336. The zero-order chi connectivity index (χ0) is 11.6. The average Bonchev–Trinajstić information content (AvgIpc) is 2.65. The molecule has 4 heteroatoms. The number of ketones is 1. The largest absolute Gasteiger partial charge is 0.477 e. The topological polar surface area (TPSA) is 70.2 Å². The molecule has 1 rings (SSSR count). The maximum Gasteiger partial charge on any atom is 0.352 e. The summed E-state index contributed by atoms with van der Waals surface area (Å²) in [4.78, 5) is 25.1. The summed E-state index contributed by atoms with van der Waals surface area (Å²) in [6.07, 6.45) is 2.17. The first kappa shape index (κ1) is 11.5. The van der Waals surface area contributed by atoms with Gasteiger partial charge in [0.15, 0.2) is 5.78 Å². The van der Waals surface area contributed by atoms with Crippen molar-refractivity contribution < 1.29 is 14.7 Å². The fraction of sp³-hybridized carbons (Fsp3) is 0.455. The number of rotatable bonds is 4. The highest BCUT2D eigenvalue weighted by molar-refractivity contribution is 6.01. The number of hydrogen-bond donors (Lipinski definition) is 2. The van der Waals surface area contributed by atoms with Gasteiger partial charge in [-0.15, -0.1) is 0 Å². The molecule has 0 aliphatic rings. The zero-order valence-electron chi connectivity index (χ0n) is 9.13. The van der Waals surface area contributed by atoms with Crippen LogP contribution in [0.3, 0.4) is 0 Å². The minimum Gasteiger partial charge on any atom is -0.477 e. The summed E-state index contributed by atoms with van der Waals surface area (Å²) < 4.78 is 0. The number of carbonyl (C=O) groups is 2. The first-order valence-corrected chi connectivity index (χ1v) is 4.85. The first-order valence-electron chi connectivity index (χ1n) is 4.85. The third-order valence-corrected chi connectivity index (χ3v) is 2.67.